The molecular weight excluding hydrogens is 216 g/mol. The van der Waals surface area contributed by atoms with Gasteiger partial charge in [0.25, 0.3) is 0 Å². The van der Waals surface area contributed by atoms with Gasteiger partial charge >= 0.3 is 0 Å². The summed E-state index contributed by atoms with van der Waals surface area (Å²) < 4.78 is 10.3. The number of ether oxygens (including phenoxy) is 2. The lowest BCUT2D eigenvalue weighted by Crippen LogP contribution is -2.37. The fraction of sp³-hybridized carbons (Fsp3) is 1.00. The zero-order chi connectivity index (χ0) is 12.9. The minimum Gasteiger partial charge on any atom is -0.383 e. The largest absolute Gasteiger partial charge is 0.383 e. The Hall–Kier alpha value is -0.160. The summed E-state index contributed by atoms with van der Waals surface area (Å²) in [6.07, 6.45) is 1.20. The Morgan fingerprint density at radius 3 is 2.18 bits per heavy atom. The van der Waals surface area contributed by atoms with Gasteiger partial charge in [0.1, 0.15) is 0 Å². The second kappa shape index (κ2) is 12.3. The Bertz CT molecular complexity index is 148. The van der Waals surface area contributed by atoms with Crippen molar-refractivity contribution >= 4 is 0 Å². The van der Waals surface area contributed by atoms with E-state index >= 15 is 0 Å². The lowest BCUT2D eigenvalue weighted by molar-refractivity contribution is 0.105. The first-order valence-corrected chi connectivity index (χ1v) is 6.65. The van der Waals surface area contributed by atoms with Crippen LogP contribution in [0.5, 0.6) is 0 Å². The highest BCUT2D eigenvalue weighted by Gasteiger charge is 2.09. The number of hydrogen-bond acceptors (Lipinski definition) is 4. The van der Waals surface area contributed by atoms with Gasteiger partial charge in [-0.1, -0.05) is 13.8 Å². The molecule has 104 valence electrons. The molecule has 1 unspecified atom stereocenters. The van der Waals surface area contributed by atoms with E-state index in [-0.39, 0.29) is 0 Å². The van der Waals surface area contributed by atoms with Crippen LogP contribution in [0.25, 0.3) is 0 Å². The molecule has 0 fully saturated rings. The van der Waals surface area contributed by atoms with Gasteiger partial charge in [0.05, 0.1) is 13.2 Å². The van der Waals surface area contributed by atoms with Crippen molar-refractivity contribution in [1.29, 1.82) is 0 Å². The number of rotatable bonds is 12. The van der Waals surface area contributed by atoms with Gasteiger partial charge in [-0.15, -0.1) is 0 Å². The van der Waals surface area contributed by atoms with Gasteiger partial charge in [-0.05, 0) is 25.4 Å². The first-order chi connectivity index (χ1) is 8.24. The number of hydrogen-bond donors (Lipinski definition) is 1. The van der Waals surface area contributed by atoms with Gasteiger partial charge in [-0.2, -0.15) is 0 Å². The predicted octanol–water partition coefficient (Wildman–Crippen LogP) is 1.22. The highest BCUT2D eigenvalue weighted by Crippen LogP contribution is 1.99. The highest BCUT2D eigenvalue weighted by molar-refractivity contribution is 4.65. The van der Waals surface area contributed by atoms with Crippen LogP contribution in [0, 0.1) is 5.92 Å². The molecule has 0 bridgehead atoms. The predicted molar refractivity (Wildman–Crippen MR) is 72.5 cm³/mol. The third kappa shape index (κ3) is 10.7. The van der Waals surface area contributed by atoms with E-state index in [0.29, 0.717) is 5.92 Å². The maximum Gasteiger partial charge on any atom is 0.0589 e. The third-order valence-electron chi connectivity index (χ3n) is 2.71. The number of nitrogens with zero attached hydrogens (tertiary/aromatic N) is 1. The summed E-state index contributed by atoms with van der Waals surface area (Å²) >= 11 is 0. The second-order valence-corrected chi connectivity index (χ2v) is 4.60. The SMILES string of the molecule is CCCNCC(C)CN(CCOC)CCOC. The summed E-state index contributed by atoms with van der Waals surface area (Å²) in [6.45, 7) is 11.3. The molecule has 0 aromatic carbocycles. The Morgan fingerprint density at radius 1 is 1.12 bits per heavy atom. The summed E-state index contributed by atoms with van der Waals surface area (Å²) in [5.74, 6) is 0.662. The standard InChI is InChI=1S/C13H30N2O2/c1-5-6-14-11-13(2)12-15(7-9-16-3)8-10-17-4/h13-14H,5-12H2,1-4H3. The lowest BCUT2D eigenvalue weighted by Gasteiger charge is -2.25. The number of methoxy groups -OCH3 is 2. The molecule has 1 atom stereocenters. The molecule has 0 heterocycles. The van der Waals surface area contributed by atoms with E-state index in [1.165, 1.54) is 6.42 Å². The molecule has 0 aliphatic heterocycles. The molecule has 0 aromatic heterocycles. The van der Waals surface area contributed by atoms with Crippen LogP contribution in [0.4, 0.5) is 0 Å². The molecule has 0 saturated carbocycles. The molecule has 4 heteroatoms. The quantitative estimate of drug-likeness (QED) is 0.525. The van der Waals surface area contributed by atoms with Crippen LogP contribution in [0.1, 0.15) is 20.3 Å². The molecule has 4 nitrogen and oxygen atoms in total. The van der Waals surface area contributed by atoms with Crippen molar-refractivity contribution in [3.8, 4) is 0 Å². The molecular formula is C13H30N2O2. The Morgan fingerprint density at radius 2 is 1.71 bits per heavy atom. The number of nitrogens with one attached hydrogen (secondary N) is 1. The fourth-order valence-corrected chi connectivity index (χ4v) is 1.77. The van der Waals surface area contributed by atoms with Crippen LogP contribution in [0.2, 0.25) is 0 Å². The van der Waals surface area contributed by atoms with Gasteiger partial charge < -0.3 is 14.8 Å². The summed E-state index contributed by atoms with van der Waals surface area (Å²) in [6, 6.07) is 0. The maximum absolute atomic E-state index is 5.13. The fourth-order valence-electron chi connectivity index (χ4n) is 1.77. The molecule has 0 aromatic rings. The zero-order valence-electron chi connectivity index (χ0n) is 12.0. The van der Waals surface area contributed by atoms with E-state index < -0.39 is 0 Å². The molecule has 0 aliphatic rings. The molecule has 1 N–H and O–H groups in total. The van der Waals surface area contributed by atoms with E-state index in [9.17, 15) is 0 Å². The van der Waals surface area contributed by atoms with Gasteiger partial charge in [0, 0.05) is 33.9 Å². The Balaban J connectivity index is 3.76. The maximum atomic E-state index is 5.13. The van der Waals surface area contributed by atoms with Gasteiger partial charge in [-0.25, -0.2) is 0 Å². The normalized spacial score (nSPS) is 13.2. The van der Waals surface area contributed by atoms with E-state index in [4.69, 9.17) is 9.47 Å². The van der Waals surface area contributed by atoms with Crippen molar-refractivity contribution in [2.75, 3.05) is 60.2 Å². The summed E-state index contributed by atoms with van der Waals surface area (Å²) in [7, 11) is 3.50. The van der Waals surface area contributed by atoms with Gasteiger partial charge in [0.2, 0.25) is 0 Å². The van der Waals surface area contributed by atoms with Crippen molar-refractivity contribution in [3.05, 3.63) is 0 Å². The molecule has 0 radical (unpaired) electrons. The summed E-state index contributed by atoms with van der Waals surface area (Å²) in [4.78, 5) is 2.41. The van der Waals surface area contributed by atoms with E-state index in [1.54, 1.807) is 14.2 Å². The monoisotopic (exact) mass is 246 g/mol. The summed E-state index contributed by atoms with van der Waals surface area (Å²) in [5.41, 5.74) is 0. The van der Waals surface area contributed by atoms with E-state index in [2.05, 4.69) is 24.1 Å². The first kappa shape index (κ1) is 16.8. The molecule has 0 aliphatic carbocycles. The first-order valence-electron chi connectivity index (χ1n) is 6.65. The lowest BCUT2D eigenvalue weighted by atomic mass is 10.1. The minimum atomic E-state index is 0.662. The van der Waals surface area contributed by atoms with Crippen molar-refractivity contribution in [2.24, 2.45) is 5.92 Å². The molecule has 17 heavy (non-hydrogen) atoms. The summed E-state index contributed by atoms with van der Waals surface area (Å²) in [5, 5.41) is 3.46. The van der Waals surface area contributed by atoms with Crippen LogP contribution in [-0.2, 0) is 9.47 Å². The Kier molecular flexibility index (Phi) is 12.2. The molecule has 0 spiro atoms. The van der Waals surface area contributed by atoms with Crippen LogP contribution in [0.15, 0.2) is 0 Å². The Labute approximate surface area is 107 Å². The third-order valence-corrected chi connectivity index (χ3v) is 2.71. The van der Waals surface area contributed by atoms with Crippen molar-refractivity contribution in [2.45, 2.75) is 20.3 Å². The van der Waals surface area contributed by atoms with Crippen molar-refractivity contribution in [1.82, 2.24) is 10.2 Å². The van der Waals surface area contributed by atoms with Crippen molar-refractivity contribution in [3.63, 3.8) is 0 Å². The molecule has 0 saturated heterocycles. The van der Waals surface area contributed by atoms with Gasteiger partial charge in [0.15, 0.2) is 0 Å². The van der Waals surface area contributed by atoms with Gasteiger partial charge in [-0.3, -0.25) is 4.90 Å². The zero-order valence-corrected chi connectivity index (χ0v) is 12.0. The van der Waals surface area contributed by atoms with E-state index in [1.807, 2.05) is 0 Å². The van der Waals surface area contributed by atoms with Crippen LogP contribution in [0.3, 0.4) is 0 Å². The smallest absolute Gasteiger partial charge is 0.0589 e. The second-order valence-electron chi connectivity index (χ2n) is 4.60. The van der Waals surface area contributed by atoms with E-state index in [0.717, 1.165) is 45.9 Å². The average molecular weight is 246 g/mol. The van der Waals surface area contributed by atoms with Crippen LogP contribution >= 0.6 is 0 Å². The van der Waals surface area contributed by atoms with Crippen molar-refractivity contribution < 1.29 is 9.47 Å². The van der Waals surface area contributed by atoms with Crippen LogP contribution in [-0.4, -0.2) is 65.1 Å². The average Bonchev–Trinajstić information content (AvgIpc) is 2.33. The molecule has 0 rings (SSSR count). The topological polar surface area (TPSA) is 33.7 Å². The minimum absolute atomic E-state index is 0.662. The molecule has 0 amide bonds. The highest BCUT2D eigenvalue weighted by atomic mass is 16.5. The van der Waals surface area contributed by atoms with Crippen LogP contribution < -0.4 is 5.32 Å².